The van der Waals surface area contributed by atoms with Crippen LogP contribution < -0.4 is 35.2 Å². The Hall–Kier alpha value is -1.96. The molecule has 7 rings (SSSR count). The summed E-state index contributed by atoms with van der Waals surface area (Å²) in [7, 11) is -2.74. The zero-order valence-corrected chi connectivity index (χ0v) is 32.1. The predicted molar refractivity (Wildman–Crippen MR) is 179 cm³/mol. The summed E-state index contributed by atoms with van der Waals surface area (Å²) in [5.74, 6) is 0.969. The van der Waals surface area contributed by atoms with Gasteiger partial charge in [0.2, 0.25) is 0 Å². The minimum Gasteiger partial charge on any atom is -1.00 e. The SMILES string of the molecule is CC1=C2c3c(C(C)C)ccc(C)c3[CH]1[Zr+2][CH]1C(C)=C(c3c(C(C)C)ccc(C)c31)[Si]2(c1ccccc1)c1ccccc1.[Cl-].[Cl-]. The van der Waals surface area contributed by atoms with Crippen LogP contribution in [-0.4, -0.2) is 8.07 Å². The van der Waals surface area contributed by atoms with Gasteiger partial charge in [-0.15, -0.1) is 0 Å². The first-order valence-corrected chi connectivity index (χ1v) is 20.6. The van der Waals surface area contributed by atoms with E-state index in [1.807, 2.05) is 0 Å². The molecule has 0 amide bonds. The molecular formula is C40H42Cl2SiZr. The zero-order chi connectivity index (χ0) is 29.5. The second kappa shape index (κ2) is 12.3. The topological polar surface area (TPSA) is 0 Å². The minimum absolute atomic E-state index is 0. The molecule has 0 aromatic heterocycles. The molecule has 0 radical (unpaired) electrons. The first-order valence-electron chi connectivity index (χ1n) is 15.8. The van der Waals surface area contributed by atoms with Crippen molar-refractivity contribution in [3.8, 4) is 0 Å². The molecule has 1 heterocycles. The van der Waals surface area contributed by atoms with Crippen molar-refractivity contribution in [1.82, 2.24) is 0 Å². The van der Waals surface area contributed by atoms with E-state index >= 15 is 0 Å². The Bertz CT molecular complexity index is 1670. The fourth-order valence-corrected chi connectivity index (χ4v) is 20.7. The van der Waals surface area contributed by atoms with Gasteiger partial charge in [0, 0.05) is 0 Å². The monoisotopic (exact) mass is 710 g/mol. The van der Waals surface area contributed by atoms with Crippen LogP contribution in [0.4, 0.5) is 0 Å². The quantitative estimate of drug-likeness (QED) is 0.285. The van der Waals surface area contributed by atoms with Gasteiger partial charge in [0.05, 0.1) is 0 Å². The molecule has 2 unspecified atom stereocenters. The number of fused-ring (bicyclic) bond motifs is 8. The van der Waals surface area contributed by atoms with Crippen molar-refractivity contribution < 1.29 is 48.0 Å². The Morgan fingerprint density at radius 1 is 0.523 bits per heavy atom. The Balaban J connectivity index is 0.00000192. The molecule has 0 saturated carbocycles. The van der Waals surface area contributed by atoms with Crippen LogP contribution in [0.2, 0.25) is 0 Å². The number of rotatable bonds is 4. The number of allylic oxidation sites excluding steroid dienone is 2. The summed E-state index contributed by atoms with van der Waals surface area (Å²) in [5, 5.41) is 6.53. The molecule has 2 atom stereocenters. The van der Waals surface area contributed by atoms with Gasteiger partial charge in [-0.1, -0.05) is 0 Å². The van der Waals surface area contributed by atoms with Crippen molar-refractivity contribution in [2.24, 2.45) is 0 Å². The van der Waals surface area contributed by atoms with Crippen molar-refractivity contribution in [2.45, 2.75) is 74.5 Å². The van der Waals surface area contributed by atoms with Crippen LogP contribution in [0, 0.1) is 13.8 Å². The largest absolute Gasteiger partial charge is 1.00 e. The second-order valence-electron chi connectivity index (χ2n) is 13.5. The van der Waals surface area contributed by atoms with Crippen LogP contribution in [0.5, 0.6) is 0 Å². The van der Waals surface area contributed by atoms with Gasteiger partial charge >= 0.3 is 267 Å². The predicted octanol–water partition coefficient (Wildman–Crippen LogP) is 3.35. The molecule has 0 saturated heterocycles. The fraction of sp³-hybridized carbons (Fsp3) is 0.300. The van der Waals surface area contributed by atoms with E-state index in [4.69, 9.17) is 0 Å². The maximum Gasteiger partial charge on any atom is -1.00 e. The normalized spacial score (nSPS) is 19.0. The van der Waals surface area contributed by atoms with Crippen molar-refractivity contribution in [1.29, 1.82) is 0 Å². The number of hydrogen-bond donors (Lipinski definition) is 0. The van der Waals surface area contributed by atoms with Crippen LogP contribution in [0.15, 0.2) is 96.1 Å². The van der Waals surface area contributed by atoms with E-state index in [1.165, 1.54) is 21.5 Å². The second-order valence-corrected chi connectivity index (χ2v) is 20.8. The summed E-state index contributed by atoms with van der Waals surface area (Å²) in [6.45, 7) is 19.5. The van der Waals surface area contributed by atoms with Crippen molar-refractivity contribution in [3.05, 3.63) is 141 Å². The van der Waals surface area contributed by atoms with E-state index < -0.39 is 31.3 Å². The molecular weight excluding hydrogens is 671 g/mol. The first-order chi connectivity index (χ1) is 20.2. The molecule has 2 aliphatic carbocycles. The van der Waals surface area contributed by atoms with Gasteiger partial charge in [-0.2, -0.15) is 0 Å². The molecule has 4 aromatic carbocycles. The third-order valence-corrected chi connectivity index (χ3v) is 20.8. The average Bonchev–Trinajstić information content (AvgIpc) is 3.46. The maximum absolute atomic E-state index is 2.74. The Morgan fingerprint density at radius 3 is 1.23 bits per heavy atom. The van der Waals surface area contributed by atoms with E-state index in [0.29, 0.717) is 19.1 Å². The molecule has 4 heteroatoms. The molecule has 0 spiro atoms. The van der Waals surface area contributed by atoms with Crippen molar-refractivity contribution >= 4 is 28.8 Å². The van der Waals surface area contributed by atoms with E-state index in [1.54, 1.807) is 54.9 Å². The summed E-state index contributed by atoms with van der Waals surface area (Å²) in [5.41, 5.74) is 16.2. The smallest absolute Gasteiger partial charge is 1.00 e. The molecule has 224 valence electrons. The fourth-order valence-electron chi connectivity index (χ4n) is 8.66. The zero-order valence-electron chi connectivity index (χ0n) is 27.1. The Kier molecular flexibility index (Phi) is 9.36. The molecule has 44 heavy (non-hydrogen) atoms. The van der Waals surface area contributed by atoms with E-state index in [2.05, 4.69) is 140 Å². The Labute approximate surface area is 289 Å². The van der Waals surface area contributed by atoms with Gasteiger partial charge in [-0.25, -0.2) is 0 Å². The van der Waals surface area contributed by atoms with Crippen LogP contribution in [0.1, 0.15) is 105 Å². The average molecular weight is 713 g/mol. The molecule has 4 bridgehead atoms. The number of aryl methyl sites for hydroxylation is 2. The third-order valence-electron chi connectivity index (χ3n) is 10.5. The van der Waals surface area contributed by atoms with Gasteiger partial charge in [0.15, 0.2) is 0 Å². The summed E-state index contributed by atoms with van der Waals surface area (Å²) in [6.07, 6.45) is 0. The standard InChI is InChI=1S/C40H42Si.2ClH.Zr/c1-25(2)33-21-19-27(5)35-23-29(7)39(37(33)35)41(31-15-11-9-12-16-31,32-17-13-10-14-18-32)40-30(8)24-36-28(6)20-22-34(26(3)4)38(36)40;;;/h9-26H,1-8H3;2*1H;/q;;;+2/p-2. The Morgan fingerprint density at radius 2 is 0.886 bits per heavy atom. The molecule has 4 aromatic rings. The van der Waals surface area contributed by atoms with Crippen LogP contribution >= 0.6 is 0 Å². The van der Waals surface area contributed by atoms with Gasteiger partial charge in [0.25, 0.3) is 0 Å². The van der Waals surface area contributed by atoms with Gasteiger partial charge in [-0.05, 0) is 0 Å². The summed E-state index contributed by atoms with van der Waals surface area (Å²) in [4.78, 5) is 0. The molecule has 0 fully saturated rings. The van der Waals surface area contributed by atoms with Gasteiger partial charge in [0.1, 0.15) is 0 Å². The summed E-state index contributed by atoms with van der Waals surface area (Å²) >= 11 is -0.966. The van der Waals surface area contributed by atoms with E-state index in [9.17, 15) is 0 Å². The first kappa shape index (κ1) is 33.4. The number of hydrogen-bond acceptors (Lipinski definition) is 0. The van der Waals surface area contributed by atoms with E-state index in [-0.39, 0.29) is 24.8 Å². The van der Waals surface area contributed by atoms with Gasteiger partial charge < -0.3 is 24.8 Å². The molecule has 3 aliphatic rings. The van der Waals surface area contributed by atoms with Crippen molar-refractivity contribution in [3.63, 3.8) is 0 Å². The van der Waals surface area contributed by atoms with Gasteiger partial charge in [-0.3, -0.25) is 0 Å². The van der Waals surface area contributed by atoms with E-state index in [0.717, 1.165) is 0 Å². The van der Waals surface area contributed by atoms with Crippen LogP contribution in [0.3, 0.4) is 0 Å². The summed E-state index contributed by atoms with van der Waals surface area (Å²) < 4.78 is 1.23. The maximum atomic E-state index is 2.56. The third kappa shape index (κ3) is 4.53. The number of halogens is 2. The van der Waals surface area contributed by atoms with Crippen LogP contribution in [0.25, 0.3) is 10.4 Å². The molecule has 0 N–H and O–H groups in total. The molecule has 1 aliphatic heterocycles. The van der Waals surface area contributed by atoms with Crippen molar-refractivity contribution in [2.75, 3.05) is 0 Å². The number of benzene rings is 4. The summed E-state index contributed by atoms with van der Waals surface area (Å²) in [6, 6.07) is 33.4. The van der Waals surface area contributed by atoms with Crippen LogP contribution in [-0.2, 0) is 23.2 Å². The minimum atomic E-state index is -2.74. The molecule has 0 nitrogen and oxygen atoms in total.